The zero-order valence-electron chi connectivity index (χ0n) is 10.7. The molecule has 0 atom stereocenters. The average molecular weight is 358 g/mol. The molecule has 0 aliphatic rings. The topological polar surface area (TPSA) is 60.8 Å². The van der Waals surface area contributed by atoms with E-state index in [1.165, 1.54) is 0 Å². The van der Waals surface area contributed by atoms with Gasteiger partial charge in [-0.1, -0.05) is 18.5 Å². The molecular weight excluding hydrogens is 349 g/mol. The lowest BCUT2D eigenvalue weighted by atomic mass is 10.5. The minimum Gasteiger partial charge on any atom is -0.475 e. The SMILES string of the molecule is CCCOc1nc(Cl)ncc1F.Fc1cnc(Cl)nc1Cl. The van der Waals surface area contributed by atoms with E-state index in [0.29, 0.717) is 6.61 Å². The second kappa shape index (κ2) is 8.86. The molecule has 2 heterocycles. The van der Waals surface area contributed by atoms with E-state index in [9.17, 15) is 8.78 Å². The quantitative estimate of drug-likeness (QED) is 0.614. The zero-order chi connectivity index (χ0) is 15.8. The number of ether oxygens (including phenoxy) is 1. The van der Waals surface area contributed by atoms with E-state index in [4.69, 9.17) is 39.5 Å². The first kappa shape index (κ1) is 17.7. The van der Waals surface area contributed by atoms with E-state index < -0.39 is 11.6 Å². The van der Waals surface area contributed by atoms with Gasteiger partial charge in [-0.2, -0.15) is 9.37 Å². The van der Waals surface area contributed by atoms with Crippen molar-refractivity contribution >= 4 is 34.8 Å². The Morgan fingerprint density at radius 2 is 1.57 bits per heavy atom. The third-order valence-electron chi connectivity index (χ3n) is 1.80. The van der Waals surface area contributed by atoms with Gasteiger partial charge in [0.2, 0.25) is 16.4 Å². The smallest absolute Gasteiger partial charge is 0.254 e. The first-order valence-electron chi connectivity index (χ1n) is 5.58. The van der Waals surface area contributed by atoms with Gasteiger partial charge in [0.1, 0.15) is 0 Å². The Labute approximate surface area is 134 Å². The van der Waals surface area contributed by atoms with Gasteiger partial charge in [-0.15, -0.1) is 0 Å². The summed E-state index contributed by atoms with van der Waals surface area (Å²) >= 11 is 15.9. The van der Waals surface area contributed by atoms with Gasteiger partial charge >= 0.3 is 0 Å². The van der Waals surface area contributed by atoms with Crippen molar-refractivity contribution in [2.75, 3.05) is 6.61 Å². The molecule has 0 radical (unpaired) electrons. The molecule has 0 bridgehead atoms. The second-order valence-electron chi connectivity index (χ2n) is 3.42. The fraction of sp³-hybridized carbons (Fsp3) is 0.273. The average Bonchev–Trinajstić information content (AvgIpc) is 2.45. The molecule has 0 aliphatic carbocycles. The number of nitrogens with zero attached hydrogens (tertiary/aromatic N) is 4. The molecule has 0 N–H and O–H groups in total. The van der Waals surface area contributed by atoms with Crippen LogP contribution in [0.25, 0.3) is 0 Å². The first-order chi connectivity index (χ1) is 9.93. The van der Waals surface area contributed by atoms with Crippen molar-refractivity contribution in [3.63, 3.8) is 0 Å². The highest BCUT2D eigenvalue weighted by Gasteiger charge is 2.05. The van der Waals surface area contributed by atoms with E-state index in [1.54, 1.807) is 0 Å². The molecule has 0 aliphatic heterocycles. The fourth-order valence-electron chi connectivity index (χ4n) is 0.958. The molecule has 0 spiro atoms. The van der Waals surface area contributed by atoms with Crippen LogP contribution in [0.5, 0.6) is 5.88 Å². The van der Waals surface area contributed by atoms with Crippen LogP contribution in [0.15, 0.2) is 12.4 Å². The van der Waals surface area contributed by atoms with Crippen LogP contribution in [0.3, 0.4) is 0 Å². The molecule has 2 rings (SSSR count). The lowest BCUT2D eigenvalue weighted by Crippen LogP contribution is -2.00. The molecule has 5 nitrogen and oxygen atoms in total. The minimum atomic E-state index is -0.666. The molecular formula is C11H9Cl3F2N4O. The summed E-state index contributed by atoms with van der Waals surface area (Å²) in [6.45, 7) is 2.34. The van der Waals surface area contributed by atoms with Gasteiger partial charge in [0.05, 0.1) is 19.0 Å². The Morgan fingerprint density at radius 3 is 2.10 bits per heavy atom. The third kappa shape index (κ3) is 6.33. The van der Waals surface area contributed by atoms with Gasteiger partial charge in [0, 0.05) is 0 Å². The molecule has 0 unspecified atom stereocenters. The Balaban J connectivity index is 0.000000219. The largest absolute Gasteiger partial charge is 0.475 e. The van der Waals surface area contributed by atoms with Gasteiger partial charge in [-0.05, 0) is 29.6 Å². The van der Waals surface area contributed by atoms with Gasteiger partial charge < -0.3 is 4.74 Å². The highest BCUT2D eigenvalue weighted by atomic mass is 35.5. The molecule has 10 heteroatoms. The Bertz CT molecular complexity index is 604. The number of hydrogen-bond acceptors (Lipinski definition) is 5. The van der Waals surface area contributed by atoms with E-state index in [2.05, 4.69) is 19.9 Å². The summed E-state index contributed by atoms with van der Waals surface area (Å²) < 4.78 is 29.9. The maximum atomic E-state index is 12.8. The van der Waals surface area contributed by atoms with Crippen molar-refractivity contribution in [3.05, 3.63) is 39.7 Å². The maximum absolute atomic E-state index is 12.8. The predicted octanol–water partition coefficient (Wildman–Crippen LogP) is 3.98. The standard InChI is InChI=1S/C7H8ClFN2O.C4HCl2FN2/c1-2-3-12-6-5(9)4-10-7(8)11-6;5-3-2(7)1-8-4(6)9-3/h4H,2-3H2,1H3;1H. The minimum absolute atomic E-state index is 0.0116. The van der Waals surface area contributed by atoms with Crippen LogP contribution < -0.4 is 4.74 Å². The third-order valence-corrected chi connectivity index (χ3v) is 2.43. The molecule has 0 saturated heterocycles. The molecule has 0 fully saturated rings. The molecule has 21 heavy (non-hydrogen) atoms. The van der Waals surface area contributed by atoms with Crippen LogP contribution >= 0.6 is 34.8 Å². The summed E-state index contributed by atoms with van der Waals surface area (Å²) in [6.07, 6.45) is 2.69. The normalized spacial score (nSPS) is 9.81. The number of hydrogen-bond donors (Lipinski definition) is 0. The van der Waals surface area contributed by atoms with Gasteiger partial charge in [0.15, 0.2) is 11.0 Å². The van der Waals surface area contributed by atoms with Gasteiger partial charge in [-0.3, -0.25) is 0 Å². The van der Waals surface area contributed by atoms with Gasteiger partial charge in [0.25, 0.3) is 5.88 Å². The zero-order valence-corrected chi connectivity index (χ0v) is 12.9. The Kier molecular flexibility index (Phi) is 7.49. The monoisotopic (exact) mass is 356 g/mol. The maximum Gasteiger partial charge on any atom is 0.254 e. The lowest BCUT2D eigenvalue weighted by molar-refractivity contribution is 0.287. The van der Waals surface area contributed by atoms with E-state index in [0.717, 1.165) is 18.8 Å². The highest BCUT2D eigenvalue weighted by Crippen LogP contribution is 2.14. The summed E-state index contributed by atoms with van der Waals surface area (Å²) in [7, 11) is 0. The van der Waals surface area contributed by atoms with Crippen LogP contribution in [-0.2, 0) is 0 Å². The van der Waals surface area contributed by atoms with Crippen LogP contribution in [-0.4, -0.2) is 26.5 Å². The van der Waals surface area contributed by atoms with E-state index in [1.807, 2.05) is 6.92 Å². The molecule has 114 valence electrons. The molecule has 0 amide bonds. The van der Waals surface area contributed by atoms with E-state index in [-0.39, 0.29) is 21.6 Å². The van der Waals surface area contributed by atoms with Crippen molar-refractivity contribution in [2.45, 2.75) is 13.3 Å². The van der Waals surface area contributed by atoms with Crippen LogP contribution in [0, 0.1) is 11.6 Å². The summed E-state index contributed by atoms with van der Waals surface area (Å²) in [6, 6.07) is 0. The Morgan fingerprint density at radius 1 is 1.00 bits per heavy atom. The van der Waals surface area contributed by atoms with Crippen molar-refractivity contribution < 1.29 is 13.5 Å². The lowest BCUT2D eigenvalue weighted by Gasteiger charge is -2.03. The molecule has 2 aromatic heterocycles. The number of rotatable bonds is 3. The second-order valence-corrected chi connectivity index (χ2v) is 4.45. The summed E-state index contributed by atoms with van der Waals surface area (Å²) in [5.41, 5.74) is 0. The van der Waals surface area contributed by atoms with Crippen molar-refractivity contribution in [1.29, 1.82) is 0 Å². The highest BCUT2D eigenvalue weighted by molar-refractivity contribution is 6.31. The summed E-state index contributed by atoms with van der Waals surface area (Å²) in [4.78, 5) is 13.7. The van der Waals surface area contributed by atoms with Crippen LogP contribution in [0.4, 0.5) is 8.78 Å². The van der Waals surface area contributed by atoms with Crippen molar-refractivity contribution in [3.8, 4) is 5.88 Å². The number of halogens is 5. The van der Waals surface area contributed by atoms with Crippen molar-refractivity contribution in [1.82, 2.24) is 19.9 Å². The summed E-state index contributed by atoms with van der Waals surface area (Å²) in [5, 5.41) is -0.320. The fourth-order valence-corrected chi connectivity index (χ4v) is 1.39. The molecule has 0 saturated carbocycles. The summed E-state index contributed by atoms with van der Waals surface area (Å²) in [5.74, 6) is -1.34. The molecule has 2 aromatic rings. The molecule has 0 aromatic carbocycles. The van der Waals surface area contributed by atoms with Crippen LogP contribution in [0.2, 0.25) is 15.7 Å². The Hall–Kier alpha value is -1.31. The first-order valence-corrected chi connectivity index (χ1v) is 6.71. The van der Waals surface area contributed by atoms with E-state index >= 15 is 0 Å². The predicted molar refractivity (Wildman–Crippen MR) is 74.8 cm³/mol. The number of aromatic nitrogens is 4. The van der Waals surface area contributed by atoms with Crippen molar-refractivity contribution in [2.24, 2.45) is 0 Å². The van der Waals surface area contributed by atoms with Gasteiger partial charge in [-0.25, -0.2) is 19.3 Å². The van der Waals surface area contributed by atoms with Crippen LogP contribution in [0.1, 0.15) is 13.3 Å².